The summed E-state index contributed by atoms with van der Waals surface area (Å²) in [6, 6.07) is 8.25. The van der Waals surface area contributed by atoms with Crippen LogP contribution in [-0.2, 0) is 19.9 Å². The van der Waals surface area contributed by atoms with Gasteiger partial charge in [-0.05, 0) is 56.9 Å². The molecule has 2 N–H and O–H groups in total. The molecule has 6 nitrogen and oxygen atoms in total. The van der Waals surface area contributed by atoms with Crippen molar-refractivity contribution in [1.29, 1.82) is 0 Å². The molecule has 158 valence electrons. The highest BCUT2D eigenvalue weighted by atomic mass is 127. The number of aryl methyl sites for hydroxylation is 2. The summed E-state index contributed by atoms with van der Waals surface area (Å²) in [6.07, 6.45) is 7.00. The highest BCUT2D eigenvalue weighted by Gasteiger charge is 2.13. The Morgan fingerprint density at radius 3 is 2.55 bits per heavy atom. The van der Waals surface area contributed by atoms with Crippen LogP contribution in [0, 0.1) is 26.2 Å². The summed E-state index contributed by atoms with van der Waals surface area (Å²) in [6.45, 7) is 7.41. The molecule has 0 saturated carbocycles. The van der Waals surface area contributed by atoms with Gasteiger partial charge in [0.1, 0.15) is 12.4 Å². The number of nitrogens with zero attached hydrogens (tertiary/aromatic N) is 3. The fraction of sp³-hybridized carbons (Fsp3) is 0.455. The van der Waals surface area contributed by atoms with Crippen molar-refractivity contribution in [2.24, 2.45) is 12.0 Å². The average molecular weight is 509 g/mol. The first kappa shape index (κ1) is 24.8. The summed E-state index contributed by atoms with van der Waals surface area (Å²) in [5, 5.41) is 11.3. The zero-order valence-corrected chi connectivity index (χ0v) is 20.3. The SMILES string of the molecule is C#CCOc1ccc(CCNC(=NC)NC(C)Cc2c(C)nn(C)c2C)cc1.I. The first-order valence-corrected chi connectivity index (χ1v) is 9.56. The van der Waals surface area contributed by atoms with Crippen LogP contribution in [0.2, 0.25) is 0 Å². The van der Waals surface area contributed by atoms with Crippen LogP contribution in [0.15, 0.2) is 29.3 Å². The lowest BCUT2D eigenvalue weighted by molar-refractivity contribution is 0.370. The van der Waals surface area contributed by atoms with Gasteiger partial charge in [-0.25, -0.2) is 0 Å². The van der Waals surface area contributed by atoms with E-state index in [1.54, 1.807) is 7.05 Å². The van der Waals surface area contributed by atoms with Crippen LogP contribution >= 0.6 is 24.0 Å². The van der Waals surface area contributed by atoms with Gasteiger partial charge in [0.25, 0.3) is 0 Å². The van der Waals surface area contributed by atoms with Crippen LogP contribution in [0.3, 0.4) is 0 Å². The summed E-state index contributed by atoms with van der Waals surface area (Å²) in [5.74, 6) is 4.06. The minimum Gasteiger partial charge on any atom is -0.481 e. The van der Waals surface area contributed by atoms with Crippen molar-refractivity contribution in [1.82, 2.24) is 20.4 Å². The van der Waals surface area contributed by atoms with E-state index in [9.17, 15) is 0 Å². The predicted octanol–water partition coefficient (Wildman–Crippen LogP) is 3.01. The Balaban J connectivity index is 0.00000420. The molecule has 7 heteroatoms. The molecular weight excluding hydrogens is 477 g/mol. The summed E-state index contributed by atoms with van der Waals surface area (Å²) in [4.78, 5) is 4.33. The molecule has 0 aliphatic carbocycles. The van der Waals surface area contributed by atoms with Gasteiger partial charge >= 0.3 is 0 Å². The second kappa shape index (κ2) is 12.4. The largest absolute Gasteiger partial charge is 0.481 e. The number of rotatable bonds is 8. The zero-order chi connectivity index (χ0) is 20.5. The van der Waals surface area contributed by atoms with Gasteiger partial charge in [0, 0.05) is 32.4 Å². The number of ether oxygens (including phenoxy) is 1. The standard InChI is InChI=1S/C22H31N5O.HI/c1-7-14-28-20-10-8-19(9-11-20)12-13-24-22(23-5)25-16(2)15-21-17(3)26-27(6)18(21)4;/h1,8-11,16H,12-15H2,2-6H3,(H2,23,24,25);1H. The number of nitrogens with one attached hydrogen (secondary N) is 2. The quantitative estimate of drug-likeness (QED) is 0.249. The van der Waals surface area contributed by atoms with Crippen molar-refractivity contribution in [3.05, 3.63) is 46.8 Å². The topological polar surface area (TPSA) is 63.5 Å². The van der Waals surface area contributed by atoms with Gasteiger partial charge in [-0.1, -0.05) is 18.1 Å². The summed E-state index contributed by atoms with van der Waals surface area (Å²) in [7, 11) is 3.78. The smallest absolute Gasteiger partial charge is 0.191 e. The fourth-order valence-corrected chi connectivity index (χ4v) is 3.10. The van der Waals surface area contributed by atoms with Gasteiger partial charge in [-0.3, -0.25) is 9.67 Å². The summed E-state index contributed by atoms with van der Waals surface area (Å²) in [5.41, 5.74) is 4.82. The lowest BCUT2D eigenvalue weighted by Gasteiger charge is -2.18. The maximum Gasteiger partial charge on any atom is 0.191 e. The molecule has 1 atom stereocenters. The number of aliphatic imine (C=N–C) groups is 1. The van der Waals surface area contributed by atoms with Crippen LogP contribution in [0.1, 0.15) is 29.4 Å². The van der Waals surface area contributed by atoms with E-state index >= 15 is 0 Å². The number of hydrogen-bond acceptors (Lipinski definition) is 3. The Kier molecular flexibility index (Phi) is 10.6. The molecule has 1 aromatic carbocycles. The highest BCUT2D eigenvalue weighted by molar-refractivity contribution is 14.0. The predicted molar refractivity (Wildman–Crippen MR) is 130 cm³/mol. The number of benzene rings is 1. The third kappa shape index (κ3) is 7.61. The van der Waals surface area contributed by atoms with Crippen molar-refractivity contribution in [3.63, 3.8) is 0 Å². The van der Waals surface area contributed by atoms with Gasteiger partial charge in [0.05, 0.1) is 5.69 Å². The van der Waals surface area contributed by atoms with Crippen LogP contribution in [0.4, 0.5) is 0 Å². The average Bonchev–Trinajstić information content (AvgIpc) is 2.92. The van der Waals surface area contributed by atoms with E-state index in [0.717, 1.165) is 36.8 Å². The maximum atomic E-state index is 5.39. The number of aromatic nitrogens is 2. The minimum atomic E-state index is 0. The zero-order valence-electron chi connectivity index (χ0n) is 18.0. The van der Waals surface area contributed by atoms with Crippen LogP contribution in [0.5, 0.6) is 5.75 Å². The van der Waals surface area contributed by atoms with E-state index in [-0.39, 0.29) is 30.0 Å². The first-order chi connectivity index (χ1) is 13.4. The molecule has 0 bridgehead atoms. The lowest BCUT2D eigenvalue weighted by atomic mass is 10.1. The molecule has 0 aliphatic rings. The van der Waals surface area contributed by atoms with Crippen molar-refractivity contribution < 1.29 is 4.74 Å². The molecule has 0 fully saturated rings. The first-order valence-electron chi connectivity index (χ1n) is 9.56. The van der Waals surface area contributed by atoms with E-state index in [1.165, 1.54) is 16.8 Å². The third-order valence-corrected chi connectivity index (χ3v) is 4.73. The van der Waals surface area contributed by atoms with Crippen molar-refractivity contribution in [2.75, 3.05) is 20.2 Å². The molecule has 0 amide bonds. The van der Waals surface area contributed by atoms with Gasteiger partial charge < -0.3 is 15.4 Å². The van der Waals surface area contributed by atoms with Crippen molar-refractivity contribution in [2.45, 2.75) is 39.7 Å². The number of halogens is 1. The molecule has 0 aliphatic heterocycles. The summed E-state index contributed by atoms with van der Waals surface area (Å²) >= 11 is 0. The summed E-state index contributed by atoms with van der Waals surface area (Å²) < 4.78 is 7.33. The number of hydrogen-bond donors (Lipinski definition) is 2. The Bertz CT molecular complexity index is 836. The Labute approximate surface area is 191 Å². The van der Waals surface area contributed by atoms with Crippen LogP contribution < -0.4 is 15.4 Å². The van der Waals surface area contributed by atoms with Crippen molar-refractivity contribution in [3.8, 4) is 18.1 Å². The molecular formula is C22H32IN5O. The highest BCUT2D eigenvalue weighted by Crippen LogP contribution is 2.14. The monoisotopic (exact) mass is 509 g/mol. The molecule has 1 unspecified atom stereocenters. The van der Waals surface area contributed by atoms with Crippen LogP contribution in [-0.4, -0.2) is 42.0 Å². The van der Waals surface area contributed by atoms with Crippen LogP contribution in [0.25, 0.3) is 0 Å². The third-order valence-electron chi connectivity index (χ3n) is 4.73. The van der Waals surface area contributed by atoms with E-state index in [1.807, 2.05) is 23.9 Å². The van der Waals surface area contributed by atoms with E-state index < -0.39 is 0 Å². The van der Waals surface area contributed by atoms with Crippen molar-refractivity contribution >= 4 is 29.9 Å². The van der Waals surface area contributed by atoms with Gasteiger partial charge in [-0.15, -0.1) is 30.4 Å². The molecule has 0 saturated heterocycles. The Morgan fingerprint density at radius 2 is 2.00 bits per heavy atom. The molecule has 29 heavy (non-hydrogen) atoms. The lowest BCUT2D eigenvalue weighted by Crippen LogP contribution is -2.43. The molecule has 0 radical (unpaired) electrons. The van der Waals surface area contributed by atoms with E-state index in [2.05, 4.69) is 59.5 Å². The molecule has 1 aromatic heterocycles. The Hall–Kier alpha value is -2.21. The van der Waals surface area contributed by atoms with E-state index in [4.69, 9.17) is 11.2 Å². The maximum absolute atomic E-state index is 5.39. The fourth-order valence-electron chi connectivity index (χ4n) is 3.10. The molecule has 1 heterocycles. The van der Waals surface area contributed by atoms with Gasteiger partial charge in [0.2, 0.25) is 0 Å². The minimum absolute atomic E-state index is 0. The normalized spacial score (nSPS) is 11.9. The van der Waals surface area contributed by atoms with Gasteiger partial charge in [0.15, 0.2) is 5.96 Å². The second-order valence-corrected chi connectivity index (χ2v) is 6.91. The van der Waals surface area contributed by atoms with E-state index in [0.29, 0.717) is 6.61 Å². The number of terminal acetylenes is 1. The molecule has 2 aromatic rings. The molecule has 0 spiro atoms. The second-order valence-electron chi connectivity index (χ2n) is 6.91. The number of guanidine groups is 1. The Morgan fingerprint density at radius 1 is 1.31 bits per heavy atom. The van der Waals surface area contributed by atoms with Gasteiger partial charge in [-0.2, -0.15) is 5.10 Å². The molecule has 2 rings (SSSR count).